The van der Waals surface area contributed by atoms with Crippen molar-refractivity contribution in [2.45, 2.75) is 45.1 Å². The molecule has 1 N–H and O–H groups in total. The van der Waals surface area contributed by atoms with E-state index in [1.807, 2.05) is 6.92 Å². The summed E-state index contributed by atoms with van der Waals surface area (Å²) in [5.74, 6) is 0.0596. The highest BCUT2D eigenvalue weighted by atomic mass is 16.1. The van der Waals surface area contributed by atoms with Gasteiger partial charge in [-0.3, -0.25) is 4.79 Å². The van der Waals surface area contributed by atoms with Gasteiger partial charge in [0.05, 0.1) is 0 Å². The number of rotatable bonds is 2. The van der Waals surface area contributed by atoms with Crippen LogP contribution in [0, 0.1) is 0 Å². The zero-order valence-corrected chi connectivity index (χ0v) is 7.68. The summed E-state index contributed by atoms with van der Waals surface area (Å²) in [7, 11) is 0. The molecule has 1 amide bonds. The van der Waals surface area contributed by atoms with Crippen LogP contribution in [0.2, 0.25) is 0 Å². The zero-order chi connectivity index (χ0) is 8.81. The van der Waals surface area contributed by atoms with Crippen molar-refractivity contribution in [1.29, 1.82) is 0 Å². The van der Waals surface area contributed by atoms with Crippen LogP contribution in [0.25, 0.3) is 0 Å². The van der Waals surface area contributed by atoms with Crippen molar-refractivity contribution in [2.75, 3.05) is 0 Å². The summed E-state index contributed by atoms with van der Waals surface area (Å²) in [5, 5.41) is 2.99. The molecule has 2 nitrogen and oxygen atoms in total. The minimum absolute atomic E-state index is 0.0596. The molecule has 68 valence electrons. The Hall–Kier alpha value is -0.790. The van der Waals surface area contributed by atoms with E-state index in [0.29, 0.717) is 6.04 Å². The lowest BCUT2D eigenvalue weighted by Crippen LogP contribution is -2.34. The third-order valence-corrected chi connectivity index (χ3v) is 2.27. The number of carbonyl (C=O) groups is 1. The van der Waals surface area contributed by atoms with Crippen molar-refractivity contribution in [1.82, 2.24) is 5.32 Å². The van der Waals surface area contributed by atoms with Crippen molar-refractivity contribution in [2.24, 2.45) is 0 Å². The molecule has 0 heterocycles. The fraction of sp³-hybridized carbons (Fsp3) is 0.700. The Bertz CT molecular complexity index is 169. The van der Waals surface area contributed by atoms with Gasteiger partial charge >= 0.3 is 0 Å². The summed E-state index contributed by atoms with van der Waals surface area (Å²) in [4.78, 5) is 11.1. The van der Waals surface area contributed by atoms with Crippen molar-refractivity contribution >= 4 is 5.91 Å². The summed E-state index contributed by atoms with van der Waals surface area (Å²) in [6.07, 6.45) is 9.54. The summed E-state index contributed by atoms with van der Waals surface area (Å²) in [5.41, 5.74) is 0. The van der Waals surface area contributed by atoms with Gasteiger partial charge in [-0.1, -0.05) is 25.3 Å². The van der Waals surface area contributed by atoms with E-state index in [2.05, 4.69) is 5.32 Å². The van der Waals surface area contributed by atoms with Crippen LogP contribution in [0.3, 0.4) is 0 Å². The highest BCUT2D eigenvalue weighted by molar-refractivity contribution is 5.87. The molecule has 0 aromatic carbocycles. The van der Waals surface area contributed by atoms with Gasteiger partial charge in [-0.25, -0.2) is 0 Å². The SMILES string of the molecule is C/C=C/C(=O)NC1CCCCC1. The standard InChI is InChI=1S/C10H17NO/c1-2-6-10(12)11-9-7-4-3-5-8-9/h2,6,9H,3-5,7-8H2,1H3,(H,11,12)/b6-2+. The van der Waals surface area contributed by atoms with Crippen LogP contribution in [0.4, 0.5) is 0 Å². The Balaban J connectivity index is 2.24. The maximum absolute atomic E-state index is 11.1. The van der Waals surface area contributed by atoms with Crippen molar-refractivity contribution in [3.05, 3.63) is 12.2 Å². The summed E-state index contributed by atoms with van der Waals surface area (Å²) in [6.45, 7) is 1.86. The summed E-state index contributed by atoms with van der Waals surface area (Å²) < 4.78 is 0. The van der Waals surface area contributed by atoms with Crippen LogP contribution in [0.15, 0.2) is 12.2 Å². The molecule has 0 saturated heterocycles. The van der Waals surface area contributed by atoms with E-state index in [0.717, 1.165) is 12.8 Å². The highest BCUT2D eigenvalue weighted by Crippen LogP contribution is 2.17. The molecule has 0 aliphatic heterocycles. The number of carbonyl (C=O) groups excluding carboxylic acids is 1. The molecular formula is C10H17NO. The van der Waals surface area contributed by atoms with Crippen LogP contribution in [0.5, 0.6) is 0 Å². The van der Waals surface area contributed by atoms with E-state index in [-0.39, 0.29) is 5.91 Å². The first-order valence-corrected chi connectivity index (χ1v) is 4.76. The van der Waals surface area contributed by atoms with Crippen LogP contribution >= 0.6 is 0 Å². The second kappa shape index (κ2) is 4.96. The smallest absolute Gasteiger partial charge is 0.243 e. The summed E-state index contributed by atoms with van der Waals surface area (Å²) in [6, 6.07) is 0.433. The minimum atomic E-state index is 0.0596. The summed E-state index contributed by atoms with van der Waals surface area (Å²) >= 11 is 0. The van der Waals surface area contributed by atoms with Gasteiger partial charge in [0.25, 0.3) is 0 Å². The molecule has 0 unspecified atom stereocenters. The fourth-order valence-electron chi connectivity index (χ4n) is 1.65. The van der Waals surface area contributed by atoms with Gasteiger partial charge in [0.15, 0.2) is 0 Å². The molecule has 0 spiro atoms. The van der Waals surface area contributed by atoms with Gasteiger partial charge in [0.2, 0.25) is 5.91 Å². The molecule has 1 aliphatic carbocycles. The monoisotopic (exact) mass is 167 g/mol. The molecule has 1 saturated carbocycles. The lowest BCUT2D eigenvalue weighted by atomic mass is 9.95. The van der Waals surface area contributed by atoms with E-state index >= 15 is 0 Å². The number of amides is 1. The van der Waals surface area contributed by atoms with Gasteiger partial charge in [0.1, 0.15) is 0 Å². The van der Waals surface area contributed by atoms with Gasteiger partial charge in [-0.15, -0.1) is 0 Å². The quantitative estimate of drug-likeness (QED) is 0.626. The van der Waals surface area contributed by atoms with Gasteiger partial charge < -0.3 is 5.32 Å². The molecule has 0 bridgehead atoms. The molecule has 12 heavy (non-hydrogen) atoms. The van der Waals surface area contributed by atoms with Crippen molar-refractivity contribution in [3.8, 4) is 0 Å². The lowest BCUT2D eigenvalue weighted by Gasteiger charge is -2.21. The first kappa shape index (κ1) is 9.30. The average Bonchev–Trinajstić information content (AvgIpc) is 2.06. The van der Waals surface area contributed by atoms with E-state index in [1.54, 1.807) is 12.2 Å². The Labute approximate surface area is 74.0 Å². The Morgan fingerprint density at radius 2 is 2.00 bits per heavy atom. The molecule has 0 aromatic heterocycles. The van der Waals surface area contributed by atoms with E-state index in [1.165, 1.54) is 19.3 Å². The lowest BCUT2D eigenvalue weighted by molar-refractivity contribution is -0.117. The predicted octanol–water partition coefficient (Wildman–Crippen LogP) is 2.01. The molecule has 2 heteroatoms. The van der Waals surface area contributed by atoms with E-state index in [4.69, 9.17) is 0 Å². The Morgan fingerprint density at radius 1 is 1.33 bits per heavy atom. The number of allylic oxidation sites excluding steroid dienone is 1. The van der Waals surface area contributed by atoms with Crippen molar-refractivity contribution < 1.29 is 4.79 Å². The normalized spacial score (nSPS) is 19.8. The third-order valence-electron chi connectivity index (χ3n) is 2.27. The van der Waals surface area contributed by atoms with E-state index < -0.39 is 0 Å². The topological polar surface area (TPSA) is 29.1 Å². The maximum atomic E-state index is 11.1. The molecular weight excluding hydrogens is 150 g/mol. The Morgan fingerprint density at radius 3 is 2.58 bits per heavy atom. The number of hydrogen-bond acceptors (Lipinski definition) is 1. The molecule has 0 aromatic rings. The predicted molar refractivity (Wildman–Crippen MR) is 49.8 cm³/mol. The fourth-order valence-corrected chi connectivity index (χ4v) is 1.65. The van der Waals surface area contributed by atoms with Crippen molar-refractivity contribution in [3.63, 3.8) is 0 Å². The zero-order valence-electron chi connectivity index (χ0n) is 7.68. The van der Waals surface area contributed by atoms with Crippen LogP contribution in [-0.4, -0.2) is 11.9 Å². The Kier molecular flexibility index (Phi) is 3.85. The number of nitrogens with one attached hydrogen (secondary N) is 1. The van der Waals surface area contributed by atoms with Crippen LogP contribution < -0.4 is 5.32 Å². The molecule has 1 fully saturated rings. The van der Waals surface area contributed by atoms with Gasteiger partial charge in [-0.05, 0) is 25.8 Å². The first-order chi connectivity index (χ1) is 5.83. The highest BCUT2D eigenvalue weighted by Gasteiger charge is 2.13. The second-order valence-corrected chi connectivity index (χ2v) is 3.34. The number of hydrogen-bond donors (Lipinski definition) is 1. The maximum Gasteiger partial charge on any atom is 0.243 e. The third kappa shape index (κ3) is 3.07. The van der Waals surface area contributed by atoms with Gasteiger partial charge in [0, 0.05) is 6.04 Å². The van der Waals surface area contributed by atoms with E-state index in [9.17, 15) is 4.79 Å². The average molecular weight is 167 g/mol. The van der Waals surface area contributed by atoms with Gasteiger partial charge in [-0.2, -0.15) is 0 Å². The minimum Gasteiger partial charge on any atom is -0.350 e. The first-order valence-electron chi connectivity index (χ1n) is 4.76. The van der Waals surface area contributed by atoms with Crippen LogP contribution in [0.1, 0.15) is 39.0 Å². The van der Waals surface area contributed by atoms with Crippen LogP contribution in [-0.2, 0) is 4.79 Å². The molecule has 1 rings (SSSR count). The molecule has 1 aliphatic rings. The molecule has 0 radical (unpaired) electrons. The molecule has 0 atom stereocenters. The second-order valence-electron chi connectivity index (χ2n) is 3.34. The largest absolute Gasteiger partial charge is 0.350 e.